The van der Waals surface area contributed by atoms with Crippen molar-refractivity contribution >= 4 is 42.8 Å². The third-order valence-electron chi connectivity index (χ3n) is 5.70. The Balaban J connectivity index is 1.18. The molecule has 4 aromatic rings. The Morgan fingerprint density at radius 1 is 0.562 bits per heavy atom. The lowest BCUT2D eigenvalue weighted by Crippen LogP contribution is -2.12. The predicted molar refractivity (Wildman–Crippen MR) is 139 cm³/mol. The van der Waals surface area contributed by atoms with Gasteiger partial charge in [-0.15, -0.1) is 22.7 Å². The summed E-state index contributed by atoms with van der Waals surface area (Å²) < 4.78 is 2.57. The van der Waals surface area contributed by atoms with Crippen LogP contribution >= 0.6 is 22.7 Å². The number of allylic oxidation sites excluding steroid dienone is 8. The fourth-order valence-corrected chi connectivity index (χ4v) is 5.90. The van der Waals surface area contributed by atoms with Gasteiger partial charge in [-0.25, -0.2) is 0 Å². The first-order valence-corrected chi connectivity index (χ1v) is 12.2. The Hall–Kier alpha value is -3.56. The molecule has 0 spiro atoms. The first-order valence-electron chi connectivity index (χ1n) is 10.6. The van der Waals surface area contributed by atoms with Gasteiger partial charge in [-0.1, -0.05) is 96.5 Å². The SMILES string of the molecule is C(#Cc1cc2ccccc2s1)C1=CC2C=CC(C#Cc3cc4ccccc4s3)=CC2C=C1. The lowest BCUT2D eigenvalue weighted by Gasteiger charge is -2.22. The molecule has 0 aliphatic heterocycles. The van der Waals surface area contributed by atoms with E-state index in [0.717, 1.165) is 20.9 Å². The van der Waals surface area contributed by atoms with Gasteiger partial charge >= 0.3 is 0 Å². The summed E-state index contributed by atoms with van der Waals surface area (Å²) in [7, 11) is 0. The normalized spacial score (nSPS) is 18.9. The molecule has 2 heteroatoms. The summed E-state index contributed by atoms with van der Waals surface area (Å²) >= 11 is 3.50. The van der Waals surface area contributed by atoms with E-state index in [1.165, 1.54) is 20.2 Å². The number of benzene rings is 2. The minimum atomic E-state index is 0.349. The molecule has 0 N–H and O–H groups in total. The van der Waals surface area contributed by atoms with Gasteiger partial charge in [0.25, 0.3) is 0 Å². The molecule has 2 heterocycles. The van der Waals surface area contributed by atoms with E-state index in [1.54, 1.807) is 22.7 Å². The molecule has 0 radical (unpaired) electrons. The van der Waals surface area contributed by atoms with Gasteiger partial charge in [0, 0.05) is 32.4 Å². The maximum Gasteiger partial charge on any atom is 0.0784 e. The van der Waals surface area contributed by atoms with Crippen molar-refractivity contribution in [3.8, 4) is 23.7 Å². The minimum Gasteiger partial charge on any atom is -0.127 e. The van der Waals surface area contributed by atoms with Crippen LogP contribution in [0.1, 0.15) is 9.75 Å². The summed E-state index contributed by atoms with van der Waals surface area (Å²) in [4.78, 5) is 2.22. The monoisotopic (exact) mass is 442 g/mol. The van der Waals surface area contributed by atoms with E-state index in [1.807, 2.05) is 0 Å². The van der Waals surface area contributed by atoms with E-state index in [0.29, 0.717) is 11.8 Å². The van der Waals surface area contributed by atoms with Crippen molar-refractivity contribution in [3.63, 3.8) is 0 Å². The number of rotatable bonds is 0. The zero-order valence-corrected chi connectivity index (χ0v) is 18.8. The predicted octanol–water partition coefficient (Wildman–Crippen LogP) is 7.74. The van der Waals surface area contributed by atoms with Crippen molar-refractivity contribution < 1.29 is 0 Å². The second kappa shape index (κ2) is 8.18. The van der Waals surface area contributed by atoms with E-state index in [4.69, 9.17) is 0 Å². The van der Waals surface area contributed by atoms with Gasteiger partial charge in [0.05, 0.1) is 9.75 Å². The van der Waals surface area contributed by atoms with Gasteiger partial charge in [-0.3, -0.25) is 0 Å². The van der Waals surface area contributed by atoms with E-state index < -0.39 is 0 Å². The first kappa shape index (κ1) is 19.1. The van der Waals surface area contributed by atoms with Crippen LogP contribution in [-0.4, -0.2) is 0 Å². The number of thiophene rings is 2. The highest BCUT2D eigenvalue weighted by Crippen LogP contribution is 2.31. The van der Waals surface area contributed by atoms with Crippen molar-refractivity contribution in [3.05, 3.63) is 118 Å². The molecule has 2 aliphatic carbocycles. The molecule has 0 saturated carbocycles. The van der Waals surface area contributed by atoms with Crippen molar-refractivity contribution in [2.24, 2.45) is 11.8 Å². The van der Waals surface area contributed by atoms with Crippen molar-refractivity contribution in [1.29, 1.82) is 0 Å². The van der Waals surface area contributed by atoms with Crippen molar-refractivity contribution in [1.82, 2.24) is 0 Å². The van der Waals surface area contributed by atoms with Crippen LogP contribution < -0.4 is 0 Å². The maximum atomic E-state index is 3.36. The highest BCUT2D eigenvalue weighted by molar-refractivity contribution is 7.19. The summed E-state index contributed by atoms with van der Waals surface area (Å²) in [6, 6.07) is 21.2. The molecule has 32 heavy (non-hydrogen) atoms. The van der Waals surface area contributed by atoms with E-state index >= 15 is 0 Å². The van der Waals surface area contributed by atoms with E-state index in [-0.39, 0.29) is 0 Å². The molecule has 0 amide bonds. The lowest BCUT2D eigenvalue weighted by atomic mass is 9.81. The Morgan fingerprint density at radius 3 is 1.50 bits per heavy atom. The number of hydrogen-bond donors (Lipinski definition) is 0. The third kappa shape index (κ3) is 3.88. The first-order chi connectivity index (χ1) is 15.8. The van der Waals surface area contributed by atoms with Crippen LogP contribution in [0.15, 0.2) is 108 Å². The van der Waals surface area contributed by atoms with Crippen LogP contribution in [0.4, 0.5) is 0 Å². The van der Waals surface area contributed by atoms with E-state index in [9.17, 15) is 0 Å². The quantitative estimate of drug-likeness (QED) is 0.244. The van der Waals surface area contributed by atoms with Crippen LogP contribution in [0.25, 0.3) is 20.2 Å². The number of hydrogen-bond acceptors (Lipinski definition) is 2. The fourth-order valence-electron chi connectivity index (χ4n) is 4.07. The van der Waals surface area contributed by atoms with Gasteiger partial charge < -0.3 is 0 Å². The average molecular weight is 443 g/mol. The molecule has 0 nitrogen and oxygen atoms in total. The zero-order valence-electron chi connectivity index (χ0n) is 17.2. The Labute approximate surface area is 195 Å². The fraction of sp³-hybridized carbons (Fsp3) is 0.0667. The summed E-state index contributed by atoms with van der Waals surface area (Å²) in [5.74, 6) is 14.1. The molecule has 0 saturated heterocycles. The third-order valence-corrected chi connectivity index (χ3v) is 7.76. The van der Waals surface area contributed by atoms with Crippen LogP contribution in [0.2, 0.25) is 0 Å². The number of fused-ring (bicyclic) bond motifs is 3. The highest BCUT2D eigenvalue weighted by Gasteiger charge is 2.19. The Morgan fingerprint density at radius 2 is 1.03 bits per heavy atom. The van der Waals surface area contributed by atoms with Crippen molar-refractivity contribution in [2.45, 2.75) is 0 Å². The lowest BCUT2D eigenvalue weighted by molar-refractivity contribution is 0.654. The highest BCUT2D eigenvalue weighted by atomic mass is 32.1. The van der Waals surface area contributed by atoms with Gasteiger partial charge in [-0.05, 0) is 35.0 Å². The summed E-state index contributed by atoms with van der Waals surface area (Å²) in [6.45, 7) is 0. The van der Waals surface area contributed by atoms with Gasteiger partial charge in [0.15, 0.2) is 0 Å². The summed E-state index contributed by atoms with van der Waals surface area (Å²) in [5.41, 5.74) is 2.17. The molecule has 2 atom stereocenters. The van der Waals surface area contributed by atoms with Gasteiger partial charge in [0.2, 0.25) is 0 Å². The van der Waals surface area contributed by atoms with Crippen LogP contribution in [0.3, 0.4) is 0 Å². The second-order valence-electron chi connectivity index (χ2n) is 7.91. The largest absolute Gasteiger partial charge is 0.127 e. The minimum absolute atomic E-state index is 0.349. The van der Waals surface area contributed by atoms with Crippen LogP contribution in [0.5, 0.6) is 0 Å². The van der Waals surface area contributed by atoms with E-state index in [2.05, 4.69) is 121 Å². The summed E-state index contributed by atoms with van der Waals surface area (Å²) in [5, 5.41) is 2.53. The molecule has 2 aromatic heterocycles. The molecular weight excluding hydrogens is 424 g/mol. The van der Waals surface area contributed by atoms with Gasteiger partial charge in [0.1, 0.15) is 0 Å². The smallest absolute Gasteiger partial charge is 0.0784 e. The van der Waals surface area contributed by atoms with Crippen LogP contribution in [-0.2, 0) is 0 Å². The molecular formula is C30H18S2. The molecule has 0 bridgehead atoms. The average Bonchev–Trinajstić information content (AvgIpc) is 3.44. The topological polar surface area (TPSA) is 0 Å². The molecule has 2 aromatic carbocycles. The molecule has 150 valence electrons. The summed E-state index contributed by atoms with van der Waals surface area (Å²) in [6.07, 6.45) is 13.3. The molecule has 2 aliphatic rings. The van der Waals surface area contributed by atoms with Crippen LogP contribution in [0, 0.1) is 35.5 Å². The van der Waals surface area contributed by atoms with Crippen molar-refractivity contribution in [2.75, 3.05) is 0 Å². The Bertz CT molecular complexity index is 1400. The molecule has 2 unspecified atom stereocenters. The molecule has 6 rings (SSSR count). The second-order valence-corrected chi connectivity index (χ2v) is 10.1. The zero-order chi connectivity index (χ0) is 21.3. The van der Waals surface area contributed by atoms with Gasteiger partial charge in [-0.2, -0.15) is 0 Å². The maximum absolute atomic E-state index is 3.36. The molecule has 0 fully saturated rings. The standard InChI is InChI=1S/C30H18S2/c1-3-7-29-25(5-1)19-27(31-29)15-11-21-9-13-24-18-22(10-14-23(24)17-21)12-16-28-20-26-6-2-4-8-30(26)32-28/h1-10,13-14,17-20,23-24H. The Kier molecular flexibility index (Phi) is 4.89.